The SMILES string of the molecule is CCCCCCCCS(=O)(=O)OC(F)(F)C(F)(F)F.N. The Kier molecular flexibility index (Phi) is 9.52. The molecule has 10 heteroatoms. The second kappa shape index (κ2) is 8.73. The van der Waals surface area contributed by atoms with E-state index >= 15 is 0 Å². The molecule has 0 aromatic carbocycles. The number of alkyl halides is 5. The summed E-state index contributed by atoms with van der Waals surface area (Å²) in [6.07, 6.45) is -7.74. The van der Waals surface area contributed by atoms with E-state index in [2.05, 4.69) is 4.18 Å². The van der Waals surface area contributed by atoms with E-state index in [1.165, 1.54) is 0 Å². The standard InChI is InChI=1S/C10H17F5O3S.H3N/c1-2-3-4-5-6-7-8-19(16,17)18-10(14,15)9(11,12)13;/h2-8H2,1H3;1H3. The summed E-state index contributed by atoms with van der Waals surface area (Å²) >= 11 is 0. The lowest BCUT2D eigenvalue weighted by Gasteiger charge is -2.18. The maximum Gasteiger partial charge on any atom is 0.484 e. The quantitative estimate of drug-likeness (QED) is 0.394. The number of halogens is 5. The molecular weight excluding hydrogens is 309 g/mol. The lowest BCUT2D eigenvalue weighted by Crippen LogP contribution is -2.41. The Morgan fingerprint density at radius 2 is 1.35 bits per heavy atom. The van der Waals surface area contributed by atoms with Crippen molar-refractivity contribution in [2.45, 2.75) is 57.7 Å². The Morgan fingerprint density at radius 3 is 1.80 bits per heavy atom. The van der Waals surface area contributed by atoms with Crippen LogP contribution in [0.3, 0.4) is 0 Å². The van der Waals surface area contributed by atoms with E-state index in [0.29, 0.717) is 12.8 Å². The third-order valence-corrected chi connectivity index (χ3v) is 3.56. The third-order valence-electron chi connectivity index (χ3n) is 2.31. The maximum absolute atomic E-state index is 12.4. The summed E-state index contributed by atoms with van der Waals surface area (Å²) in [5.41, 5.74) is 0. The summed E-state index contributed by atoms with van der Waals surface area (Å²) in [4.78, 5) is 0. The monoisotopic (exact) mass is 329 g/mol. The van der Waals surface area contributed by atoms with Crippen LogP contribution in [0.2, 0.25) is 0 Å². The van der Waals surface area contributed by atoms with Gasteiger partial charge in [0, 0.05) is 0 Å². The van der Waals surface area contributed by atoms with Gasteiger partial charge in [0.05, 0.1) is 5.75 Å². The number of unbranched alkanes of at least 4 members (excludes halogenated alkanes) is 5. The summed E-state index contributed by atoms with van der Waals surface area (Å²) in [5.74, 6) is -0.842. The van der Waals surface area contributed by atoms with Gasteiger partial charge in [0.1, 0.15) is 0 Å². The van der Waals surface area contributed by atoms with Gasteiger partial charge in [-0.3, -0.25) is 0 Å². The molecule has 0 unspecified atom stereocenters. The second-order valence-electron chi connectivity index (χ2n) is 4.13. The zero-order chi connectivity index (χ0) is 15.2. The zero-order valence-corrected chi connectivity index (χ0v) is 12.0. The fourth-order valence-electron chi connectivity index (χ4n) is 1.31. The molecule has 0 aromatic rings. The summed E-state index contributed by atoms with van der Waals surface area (Å²) < 4.78 is 84.9. The normalized spacial score (nSPS) is 13.1. The van der Waals surface area contributed by atoms with Crippen molar-refractivity contribution in [3.63, 3.8) is 0 Å². The highest BCUT2D eigenvalue weighted by molar-refractivity contribution is 7.86. The van der Waals surface area contributed by atoms with Crippen molar-refractivity contribution in [1.82, 2.24) is 6.15 Å². The third kappa shape index (κ3) is 8.64. The van der Waals surface area contributed by atoms with Crippen LogP contribution in [-0.2, 0) is 14.3 Å². The molecule has 0 rings (SSSR count). The predicted molar refractivity (Wildman–Crippen MR) is 64.3 cm³/mol. The van der Waals surface area contributed by atoms with E-state index in [1.807, 2.05) is 6.92 Å². The zero-order valence-electron chi connectivity index (χ0n) is 11.2. The second-order valence-corrected chi connectivity index (χ2v) is 5.82. The van der Waals surface area contributed by atoms with Crippen molar-refractivity contribution in [3.05, 3.63) is 0 Å². The lowest BCUT2D eigenvalue weighted by molar-refractivity contribution is -0.359. The number of hydrogen-bond donors (Lipinski definition) is 1. The van der Waals surface area contributed by atoms with Crippen LogP contribution in [0, 0.1) is 0 Å². The van der Waals surface area contributed by atoms with Crippen molar-refractivity contribution >= 4 is 10.1 Å². The van der Waals surface area contributed by atoms with Crippen LogP contribution < -0.4 is 6.15 Å². The smallest absolute Gasteiger partial charge is 0.344 e. The van der Waals surface area contributed by atoms with Crippen LogP contribution >= 0.6 is 0 Å². The molecule has 0 bridgehead atoms. The molecule has 0 radical (unpaired) electrons. The maximum atomic E-state index is 12.4. The Balaban J connectivity index is 0. The van der Waals surface area contributed by atoms with Crippen LogP contribution in [-0.4, -0.2) is 26.5 Å². The Hall–Kier alpha value is -0.480. The molecule has 0 atom stereocenters. The molecule has 0 aliphatic heterocycles. The van der Waals surface area contributed by atoms with Crippen LogP contribution in [0.15, 0.2) is 0 Å². The molecule has 0 heterocycles. The first-order chi connectivity index (χ1) is 8.52. The van der Waals surface area contributed by atoms with Crippen molar-refractivity contribution in [2.75, 3.05) is 5.75 Å². The summed E-state index contributed by atoms with van der Waals surface area (Å²) in [7, 11) is -4.89. The summed E-state index contributed by atoms with van der Waals surface area (Å²) in [5, 5.41) is 0. The van der Waals surface area contributed by atoms with Crippen LogP contribution in [0.5, 0.6) is 0 Å². The minimum atomic E-state index is -6.04. The van der Waals surface area contributed by atoms with E-state index in [9.17, 15) is 30.4 Å². The van der Waals surface area contributed by atoms with Crippen molar-refractivity contribution in [1.29, 1.82) is 0 Å². The highest BCUT2D eigenvalue weighted by Gasteiger charge is 2.62. The molecule has 0 aliphatic carbocycles. The van der Waals surface area contributed by atoms with Gasteiger partial charge in [-0.1, -0.05) is 39.0 Å². The van der Waals surface area contributed by atoms with E-state index in [1.54, 1.807) is 0 Å². The number of hydrogen-bond acceptors (Lipinski definition) is 4. The van der Waals surface area contributed by atoms with Crippen LogP contribution in [0.25, 0.3) is 0 Å². The Morgan fingerprint density at radius 1 is 0.900 bits per heavy atom. The molecule has 124 valence electrons. The van der Waals surface area contributed by atoms with Gasteiger partial charge in [-0.15, -0.1) is 0 Å². The van der Waals surface area contributed by atoms with Gasteiger partial charge < -0.3 is 6.15 Å². The van der Waals surface area contributed by atoms with Gasteiger partial charge in [0.25, 0.3) is 10.1 Å². The van der Waals surface area contributed by atoms with Crippen molar-refractivity contribution in [3.8, 4) is 0 Å². The van der Waals surface area contributed by atoms with Crippen molar-refractivity contribution in [2.24, 2.45) is 0 Å². The Bertz CT molecular complexity index is 356. The molecule has 0 aliphatic rings. The molecular formula is C10H20F5NO3S. The van der Waals surface area contributed by atoms with E-state index in [-0.39, 0.29) is 12.6 Å². The lowest BCUT2D eigenvalue weighted by atomic mass is 10.1. The number of rotatable bonds is 9. The molecule has 0 fully saturated rings. The van der Waals surface area contributed by atoms with E-state index < -0.39 is 28.2 Å². The molecule has 20 heavy (non-hydrogen) atoms. The summed E-state index contributed by atoms with van der Waals surface area (Å²) in [6.45, 7) is 1.98. The first-order valence-corrected chi connectivity index (χ1v) is 7.47. The van der Waals surface area contributed by atoms with Gasteiger partial charge in [-0.25, -0.2) is 0 Å². The van der Waals surface area contributed by atoms with Crippen LogP contribution in [0.1, 0.15) is 45.4 Å². The average Bonchev–Trinajstić information content (AvgIpc) is 2.20. The molecule has 4 nitrogen and oxygen atoms in total. The molecule has 0 amide bonds. The first-order valence-electron chi connectivity index (χ1n) is 5.89. The Labute approximate surface area is 115 Å². The molecule has 3 N–H and O–H groups in total. The molecule has 0 spiro atoms. The fourth-order valence-corrected chi connectivity index (χ4v) is 2.36. The van der Waals surface area contributed by atoms with Gasteiger partial charge in [0.15, 0.2) is 0 Å². The van der Waals surface area contributed by atoms with Gasteiger partial charge in [-0.05, 0) is 6.42 Å². The first kappa shape index (κ1) is 21.8. The van der Waals surface area contributed by atoms with Gasteiger partial charge in [0.2, 0.25) is 0 Å². The predicted octanol–water partition coefficient (Wildman–Crippen LogP) is 4.01. The van der Waals surface area contributed by atoms with Gasteiger partial charge >= 0.3 is 12.3 Å². The highest BCUT2D eigenvalue weighted by Crippen LogP contribution is 2.37. The highest BCUT2D eigenvalue weighted by atomic mass is 32.2. The molecule has 0 saturated carbocycles. The minimum Gasteiger partial charge on any atom is -0.344 e. The molecule has 0 saturated heterocycles. The van der Waals surface area contributed by atoms with E-state index in [4.69, 9.17) is 0 Å². The van der Waals surface area contributed by atoms with Crippen LogP contribution in [0.4, 0.5) is 22.0 Å². The van der Waals surface area contributed by atoms with E-state index in [0.717, 1.165) is 19.3 Å². The van der Waals surface area contributed by atoms with Gasteiger partial charge in [-0.2, -0.15) is 34.6 Å². The average molecular weight is 329 g/mol. The fraction of sp³-hybridized carbons (Fsp3) is 1.00. The van der Waals surface area contributed by atoms with Crippen molar-refractivity contribution < 1.29 is 34.6 Å². The topological polar surface area (TPSA) is 78.4 Å². The molecule has 0 aromatic heterocycles. The largest absolute Gasteiger partial charge is 0.484 e. The minimum absolute atomic E-state index is 0. The summed E-state index contributed by atoms with van der Waals surface area (Å²) in [6, 6.07) is 0.